The fraction of sp³-hybridized carbons (Fsp3) is 0.593. The number of carbonyl (C=O) groups is 2. The van der Waals surface area contributed by atoms with Crippen LogP contribution in [0.5, 0.6) is 0 Å². The fourth-order valence-corrected chi connectivity index (χ4v) is 6.38. The zero-order chi connectivity index (χ0) is 24.8. The second-order valence-electron chi connectivity index (χ2n) is 9.92. The van der Waals surface area contributed by atoms with Crippen LogP contribution >= 0.6 is 11.8 Å². The van der Waals surface area contributed by atoms with Gasteiger partial charge in [-0.05, 0) is 51.1 Å². The number of nitrogens with zero attached hydrogens (tertiary/aromatic N) is 2. The smallest absolute Gasteiger partial charge is 0.246 e. The van der Waals surface area contributed by atoms with Gasteiger partial charge in [0.2, 0.25) is 11.8 Å². The molecule has 3 aliphatic rings. The normalized spacial score (nSPS) is 26.3. The van der Waals surface area contributed by atoms with Gasteiger partial charge in [-0.25, -0.2) is 0 Å². The molecule has 1 aromatic carbocycles. The summed E-state index contributed by atoms with van der Waals surface area (Å²) in [5.74, 6) is 0.108. The van der Waals surface area contributed by atoms with Crippen LogP contribution in [0.25, 0.3) is 0 Å². The first-order chi connectivity index (χ1) is 17.0. The van der Waals surface area contributed by atoms with E-state index in [0.29, 0.717) is 6.54 Å². The number of aliphatic imine (C=N–C) groups is 1. The first-order valence-electron chi connectivity index (χ1n) is 12.9. The molecule has 3 N–H and O–H groups in total. The molecule has 7 nitrogen and oxygen atoms in total. The van der Waals surface area contributed by atoms with Crippen molar-refractivity contribution >= 4 is 29.1 Å². The Kier molecular flexibility index (Phi) is 8.89. The van der Waals surface area contributed by atoms with Crippen LogP contribution in [0.2, 0.25) is 0 Å². The lowest BCUT2D eigenvalue weighted by Crippen LogP contribution is -2.57. The minimum absolute atomic E-state index is 0.0146. The van der Waals surface area contributed by atoms with Crippen LogP contribution in [0.4, 0.5) is 0 Å². The van der Waals surface area contributed by atoms with Crippen molar-refractivity contribution in [2.75, 3.05) is 13.6 Å². The van der Waals surface area contributed by atoms with Gasteiger partial charge in [-0.3, -0.25) is 14.6 Å². The number of hydrogen-bond acceptors (Lipinski definition) is 6. The molecule has 1 aromatic rings. The lowest BCUT2D eigenvalue weighted by Gasteiger charge is -2.36. The Morgan fingerprint density at radius 3 is 2.57 bits per heavy atom. The van der Waals surface area contributed by atoms with Crippen molar-refractivity contribution in [1.29, 1.82) is 0 Å². The quantitative estimate of drug-likeness (QED) is 0.485. The molecule has 2 amide bonds. The highest BCUT2D eigenvalue weighted by molar-refractivity contribution is 8.12. The fourth-order valence-electron chi connectivity index (χ4n) is 5.45. The van der Waals surface area contributed by atoms with Gasteiger partial charge >= 0.3 is 0 Å². The molecule has 35 heavy (non-hydrogen) atoms. The zero-order valence-electron chi connectivity index (χ0n) is 20.9. The van der Waals surface area contributed by atoms with Gasteiger partial charge < -0.3 is 20.9 Å². The summed E-state index contributed by atoms with van der Waals surface area (Å²) in [4.78, 5) is 33.3. The van der Waals surface area contributed by atoms with Crippen LogP contribution in [-0.4, -0.2) is 59.4 Å². The molecule has 1 saturated carbocycles. The molecule has 1 aliphatic carbocycles. The summed E-state index contributed by atoms with van der Waals surface area (Å²) >= 11 is 1.65. The van der Waals surface area contributed by atoms with Crippen molar-refractivity contribution in [2.45, 2.75) is 81.4 Å². The Bertz CT molecular complexity index is 917. The Labute approximate surface area is 213 Å². The van der Waals surface area contributed by atoms with E-state index in [-0.39, 0.29) is 41.2 Å². The standard InChI is InChI=1S/C27H39N5O2S/c1-18(30-26-23(29-17-35-26)20-11-6-4-7-12-20)22-15-10-16-32(22)27(34)24(21-13-8-5-9-14-21)31-25(33)19(2)28-3/h4,6-7,11-12,17,19,21-24,26,28,30H,1,5,8-10,13-16H2,2-3H3,(H,31,33)/t19-,22?,23?,24?,26?/m0/s1. The lowest BCUT2D eigenvalue weighted by molar-refractivity contribution is -0.139. The number of thioether (sulfide) groups is 1. The van der Waals surface area contributed by atoms with E-state index in [1.165, 1.54) is 6.42 Å². The maximum atomic E-state index is 13.9. The Morgan fingerprint density at radius 1 is 1.11 bits per heavy atom. The summed E-state index contributed by atoms with van der Waals surface area (Å²) in [6, 6.07) is 9.39. The molecule has 4 unspecified atom stereocenters. The van der Waals surface area contributed by atoms with Crippen molar-refractivity contribution in [3.8, 4) is 0 Å². The maximum absolute atomic E-state index is 13.9. The number of amides is 2. The molecule has 2 heterocycles. The number of carbonyl (C=O) groups excluding carboxylic acids is 2. The van der Waals surface area contributed by atoms with E-state index in [4.69, 9.17) is 0 Å². The third-order valence-electron chi connectivity index (χ3n) is 7.63. The van der Waals surface area contributed by atoms with E-state index in [9.17, 15) is 9.59 Å². The number of likely N-dealkylation sites (tertiary alicyclic amines) is 1. The number of hydrogen-bond donors (Lipinski definition) is 3. The van der Waals surface area contributed by atoms with E-state index in [0.717, 1.165) is 49.8 Å². The SMILES string of the molecule is C=C(NC1SC=NC1c1ccccc1)C1CCCN1C(=O)C(NC(=O)[C@H](C)NC)C1CCCCC1. The molecule has 0 bridgehead atoms. The van der Waals surface area contributed by atoms with Crippen molar-refractivity contribution in [1.82, 2.24) is 20.9 Å². The highest BCUT2D eigenvalue weighted by Crippen LogP contribution is 2.35. The van der Waals surface area contributed by atoms with E-state index >= 15 is 0 Å². The Hall–Kier alpha value is -2.32. The maximum Gasteiger partial charge on any atom is 0.246 e. The molecule has 0 radical (unpaired) electrons. The Morgan fingerprint density at radius 2 is 1.86 bits per heavy atom. The minimum Gasteiger partial charge on any atom is -0.373 e. The molecule has 0 spiro atoms. The molecule has 1 saturated heterocycles. The largest absolute Gasteiger partial charge is 0.373 e. The lowest BCUT2D eigenvalue weighted by atomic mass is 9.83. The molecule has 4 rings (SSSR count). The summed E-state index contributed by atoms with van der Waals surface area (Å²) in [7, 11) is 1.77. The number of benzene rings is 1. The second-order valence-corrected chi connectivity index (χ2v) is 10.9. The molecule has 0 aromatic heterocycles. The molecule has 5 atom stereocenters. The average Bonchev–Trinajstić information content (AvgIpc) is 3.57. The topological polar surface area (TPSA) is 85.8 Å². The van der Waals surface area contributed by atoms with Gasteiger partial charge in [0, 0.05) is 12.2 Å². The van der Waals surface area contributed by atoms with Crippen molar-refractivity contribution in [3.05, 3.63) is 48.2 Å². The van der Waals surface area contributed by atoms with Gasteiger partial charge in [0.05, 0.1) is 17.6 Å². The predicted molar refractivity (Wildman–Crippen MR) is 143 cm³/mol. The van der Waals surface area contributed by atoms with Gasteiger partial charge in [-0.1, -0.05) is 67.9 Å². The average molecular weight is 498 g/mol. The first-order valence-corrected chi connectivity index (χ1v) is 13.9. The van der Waals surface area contributed by atoms with Gasteiger partial charge in [0.15, 0.2) is 0 Å². The van der Waals surface area contributed by atoms with Gasteiger partial charge in [-0.15, -0.1) is 0 Å². The van der Waals surface area contributed by atoms with Crippen LogP contribution in [-0.2, 0) is 9.59 Å². The number of likely N-dealkylation sites (N-methyl/N-ethyl adjacent to an activating group) is 1. The summed E-state index contributed by atoms with van der Waals surface area (Å²) in [5.41, 5.74) is 3.92. The van der Waals surface area contributed by atoms with Crippen molar-refractivity contribution in [2.24, 2.45) is 10.9 Å². The Balaban J connectivity index is 1.45. The van der Waals surface area contributed by atoms with Crippen LogP contribution in [0.1, 0.15) is 63.5 Å². The molecule has 190 valence electrons. The monoisotopic (exact) mass is 497 g/mol. The highest BCUT2D eigenvalue weighted by atomic mass is 32.2. The first kappa shape index (κ1) is 25.8. The molecule has 2 aliphatic heterocycles. The summed E-state index contributed by atoms with van der Waals surface area (Å²) < 4.78 is 0. The minimum atomic E-state index is -0.478. The van der Waals surface area contributed by atoms with E-state index in [1.54, 1.807) is 18.8 Å². The molecular formula is C27H39N5O2S. The van der Waals surface area contributed by atoms with Crippen LogP contribution < -0.4 is 16.0 Å². The van der Waals surface area contributed by atoms with Gasteiger partial charge in [0.25, 0.3) is 0 Å². The van der Waals surface area contributed by atoms with E-state index < -0.39 is 6.04 Å². The molecule has 2 fully saturated rings. The van der Waals surface area contributed by atoms with Crippen molar-refractivity contribution < 1.29 is 9.59 Å². The molecule has 8 heteroatoms. The van der Waals surface area contributed by atoms with Gasteiger partial charge in [0.1, 0.15) is 17.5 Å². The predicted octanol–water partition coefficient (Wildman–Crippen LogP) is 3.60. The third-order valence-corrected chi connectivity index (χ3v) is 8.55. The number of nitrogens with one attached hydrogen (secondary N) is 3. The van der Waals surface area contributed by atoms with E-state index in [1.807, 2.05) is 35.6 Å². The molecular weight excluding hydrogens is 458 g/mol. The van der Waals surface area contributed by atoms with E-state index in [2.05, 4.69) is 39.7 Å². The van der Waals surface area contributed by atoms with Crippen molar-refractivity contribution in [3.63, 3.8) is 0 Å². The van der Waals surface area contributed by atoms with Crippen LogP contribution in [0.15, 0.2) is 47.6 Å². The third kappa shape index (κ3) is 6.09. The summed E-state index contributed by atoms with van der Waals surface area (Å²) in [6.45, 7) is 6.89. The zero-order valence-corrected chi connectivity index (χ0v) is 21.7. The highest BCUT2D eigenvalue weighted by Gasteiger charge is 2.40. The van der Waals surface area contributed by atoms with Crippen LogP contribution in [0.3, 0.4) is 0 Å². The van der Waals surface area contributed by atoms with Gasteiger partial charge in [-0.2, -0.15) is 0 Å². The summed E-state index contributed by atoms with van der Waals surface area (Å²) in [5, 5.41) is 9.74. The number of rotatable bonds is 9. The summed E-state index contributed by atoms with van der Waals surface area (Å²) in [6.07, 6.45) is 7.21. The van der Waals surface area contributed by atoms with Crippen LogP contribution in [0, 0.1) is 5.92 Å². The second kappa shape index (κ2) is 12.1.